The second-order valence-corrected chi connectivity index (χ2v) is 6.05. The lowest BCUT2D eigenvalue weighted by molar-refractivity contribution is 0.412. The van der Waals surface area contributed by atoms with Gasteiger partial charge in [0.15, 0.2) is 0 Å². The largest absolute Gasteiger partial charge is 0.382 e. The topological polar surface area (TPSA) is 69.4 Å². The SMILES string of the molecule is O=S(=O)(Cc1ccon1)Oc1cccc(I)c1. The summed E-state index contributed by atoms with van der Waals surface area (Å²) in [5, 5.41) is 3.52. The van der Waals surface area contributed by atoms with Gasteiger partial charge in [-0.15, -0.1) is 0 Å². The third-order valence-corrected chi connectivity index (χ3v) is 3.60. The Morgan fingerprint density at radius 1 is 1.35 bits per heavy atom. The molecule has 0 amide bonds. The maximum absolute atomic E-state index is 11.7. The van der Waals surface area contributed by atoms with Gasteiger partial charge in [-0.3, -0.25) is 0 Å². The number of aromatic nitrogens is 1. The molecule has 5 nitrogen and oxygen atoms in total. The van der Waals surface area contributed by atoms with Crippen LogP contribution in [-0.2, 0) is 15.9 Å². The van der Waals surface area contributed by atoms with Crippen LogP contribution in [0.4, 0.5) is 0 Å². The fraction of sp³-hybridized carbons (Fsp3) is 0.100. The van der Waals surface area contributed by atoms with Crippen molar-refractivity contribution in [1.82, 2.24) is 5.16 Å². The minimum Gasteiger partial charge on any atom is -0.382 e. The molecule has 0 radical (unpaired) electrons. The zero-order chi connectivity index (χ0) is 12.3. The predicted octanol–water partition coefficient (Wildman–Crippen LogP) is 2.19. The lowest BCUT2D eigenvalue weighted by Crippen LogP contribution is -2.12. The van der Waals surface area contributed by atoms with Crippen LogP contribution in [0.2, 0.25) is 0 Å². The highest BCUT2D eigenvalue weighted by atomic mass is 127. The molecule has 0 atom stereocenters. The Morgan fingerprint density at radius 2 is 2.18 bits per heavy atom. The first-order valence-electron chi connectivity index (χ1n) is 4.62. The van der Waals surface area contributed by atoms with Crippen molar-refractivity contribution in [1.29, 1.82) is 0 Å². The van der Waals surface area contributed by atoms with E-state index in [1.807, 2.05) is 6.07 Å². The van der Waals surface area contributed by atoms with E-state index < -0.39 is 10.1 Å². The first kappa shape index (κ1) is 12.4. The molecule has 2 aromatic rings. The molecule has 0 fully saturated rings. The van der Waals surface area contributed by atoms with E-state index in [9.17, 15) is 8.42 Å². The van der Waals surface area contributed by atoms with E-state index in [0.29, 0.717) is 11.4 Å². The smallest absolute Gasteiger partial charge is 0.315 e. The van der Waals surface area contributed by atoms with Crippen LogP contribution in [0.3, 0.4) is 0 Å². The van der Waals surface area contributed by atoms with Gasteiger partial charge in [-0.2, -0.15) is 8.42 Å². The van der Waals surface area contributed by atoms with Crippen molar-refractivity contribution in [2.45, 2.75) is 5.75 Å². The fourth-order valence-electron chi connectivity index (χ4n) is 1.19. The van der Waals surface area contributed by atoms with Crippen molar-refractivity contribution in [2.24, 2.45) is 0 Å². The van der Waals surface area contributed by atoms with Gasteiger partial charge in [-0.1, -0.05) is 11.2 Å². The molecule has 1 heterocycles. The zero-order valence-electron chi connectivity index (χ0n) is 8.54. The van der Waals surface area contributed by atoms with Crippen molar-refractivity contribution < 1.29 is 17.1 Å². The average Bonchev–Trinajstić information content (AvgIpc) is 2.68. The summed E-state index contributed by atoms with van der Waals surface area (Å²) in [6.07, 6.45) is 1.32. The highest BCUT2D eigenvalue weighted by Gasteiger charge is 2.16. The average molecular weight is 365 g/mol. The van der Waals surface area contributed by atoms with Crippen molar-refractivity contribution >= 4 is 32.7 Å². The third-order valence-electron chi connectivity index (χ3n) is 1.84. The maximum Gasteiger partial charge on any atom is 0.315 e. The number of halogens is 1. The Bertz CT molecular complexity index is 595. The van der Waals surface area contributed by atoms with Crippen molar-refractivity contribution in [3.05, 3.63) is 45.9 Å². The predicted molar refractivity (Wildman–Crippen MR) is 68.9 cm³/mol. The zero-order valence-corrected chi connectivity index (χ0v) is 11.5. The summed E-state index contributed by atoms with van der Waals surface area (Å²) in [6.45, 7) is 0. The van der Waals surface area contributed by atoms with Crippen LogP contribution >= 0.6 is 22.6 Å². The van der Waals surface area contributed by atoms with Gasteiger partial charge in [0.25, 0.3) is 0 Å². The van der Waals surface area contributed by atoms with E-state index in [1.54, 1.807) is 18.2 Å². The molecular formula is C10H8INO4S. The van der Waals surface area contributed by atoms with Crippen molar-refractivity contribution in [3.8, 4) is 5.75 Å². The molecule has 0 aliphatic carbocycles. The van der Waals surface area contributed by atoms with E-state index in [4.69, 9.17) is 4.18 Å². The molecule has 0 saturated heterocycles. The lowest BCUT2D eigenvalue weighted by Gasteiger charge is -2.05. The number of hydrogen-bond donors (Lipinski definition) is 0. The van der Waals surface area contributed by atoms with Gasteiger partial charge >= 0.3 is 10.1 Å². The molecule has 17 heavy (non-hydrogen) atoms. The summed E-state index contributed by atoms with van der Waals surface area (Å²) in [4.78, 5) is 0. The molecule has 90 valence electrons. The summed E-state index contributed by atoms with van der Waals surface area (Å²) >= 11 is 2.08. The van der Waals surface area contributed by atoms with E-state index in [-0.39, 0.29) is 5.75 Å². The van der Waals surface area contributed by atoms with Crippen LogP contribution in [0, 0.1) is 3.57 Å². The summed E-state index contributed by atoms with van der Waals surface area (Å²) in [5.74, 6) is -0.0185. The minimum atomic E-state index is -3.70. The Kier molecular flexibility index (Phi) is 3.67. The lowest BCUT2D eigenvalue weighted by atomic mass is 10.3. The van der Waals surface area contributed by atoms with E-state index in [0.717, 1.165) is 3.57 Å². The van der Waals surface area contributed by atoms with Crippen molar-refractivity contribution in [3.63, 3.8) is 0 Å². The van der Waals surface area contributed by atoms with Crippen LogP contribution in [0.1, 0.15) is 5.69 Å². The molecule has 1 aromatic heterocycles. The molecule has 7 heteroatoms. The van der Waals surface area contributed by atoms with Gasteiger partial charge < -0.3 is 8.71 Å². The molecule has 0 aliphatic rings. The Hall–Kier alpha value is -1.09. The number of benzene rings is 1. The monoisotopic (exact) mass is 365 g/mol. The highest BCUT2D eigenvalue weighted by Crippen LogP contribution is 2.18. The summed E-state index contributed by atoms with van der Waals surface area (Å²) in [5.41, 5.74) is 0.315. The normalized spacial score (nSPS) is 11.4. The number of rotatable bonds is 4. The van der Waals surface area contributed by atoms with Gasteiger partial charge in [-0.25, -0.2) is 0 Å². The summed E-state index contributed by atoms with van der Waals surface area (Å²) < 4.78 is 33.7. The maximum atomic E-state index is 11.7. The summed E-state index contributed by atoms with van der Waals surface area (Å²) in [7, 11) is -3.70. The Balaban J connectivity index is 2.12. The number of hydrogen-bond acceptors (Lipinski definition) is 5. The summed E-state index contributed by atoms with van der Waals surface area (Å²) in [6, 6.07) is 8.28. The molecular weight excluding hydrogens is 357 g/mol. The molecule has 2 rings (SSSR count). The van der Waals surface area contributed by atoms with Crippen molar-refractivity contribution in [2.75, 3.05) is 0 Å². The van der Waals surface area contributed by atoms with E-state index >= 15 is 0 Å². The van der Waals surface area contributed by atoms with Gasteiger partial charge in [0.2, 0.25) is 0 Å². The Labute approximate surface area is 112 Å². The molecule has 0 unspecified atom stereocenters. The fourth-order valence-corrected chi connectivity index (χ4v) is 2.67. The molecule has 0 saturated carbocycles. The van der Waals surface area contributed by atoms with Gasteiger partial charge in [0, 0.05) is 9.64 Å². The van der Waals surface area contributed by atoms with Crippen LogP contribution in [0.5, 0.6) is 5.75 Å². The second-order valence-electron chi connectivity index (χ2n) is 3.23. The second kappa shape index (κ2) is 5.05. The van der Waals surface area contributed by atoms with Crippen LogP contribution in [0.25, 0.3) is 0 Å². The minimum absolute atomic E-state index is 0.292. The molecule has 0 aliphatic heterocycles. The van der Waals surface area contributed by atoms with E-state index in [2.05, 4.69) is 32.3 Å². The van der Waals surface area contributed by atoms with Crippen LogP contribution in [-0.4, -0.2) is 13.6 Å². The molecule has 1 aromatic carbocycles. The third kappa shape index (κ3) is 3.70. The Morgan fingerprint density at radius 3 is 2.82 bits per heavy atom. The van der Waals surface area contributed by atoms with Gasteiger partial charge in [0.1, 0.15) is 23.5 Å². The standard InChI is InChI=1S/C10H8INO4S/c11-8-2-1-3-10(6-8)16-17(13,14)7-9-4-5-15-12-9/h1-6H,7H2. The van der Waals surface area contributed by atoms with Crippen LogP contribution in [0.15, 0.2) is 41.1 Å². The van der Waals surface area contributed by atoms with Gasteiger partial charge in [0.05, 0.1) is 0 Å². The van der Waals surface area contributed by atoms with E-state index in [1.165, 1.54) is 12.3 Å². The first-order chi connectivity index (χ1) is 8.05. The van der Waals surface area contributed by atoms with Gasteiger partial charge in [-0.05, 0) is 40.8 Å². The quantitative estimate of drug-likeness (QED) is 0.614. The molecule has 0 bridgehead atoms. The molecule has 0 spiro atoms. The highest BCUT2D eigenvalue weighted by molar-refractivity contribution is 14.1. The molecule has 0 N–H and O–H groups in total. The number of nitrogens with zero attached hydrogens (tertiary/aromatic N) is 1. The first-order valence-corrected chi connectivity index (χ1v) is 7.28. The van der Waals surface area contributed by atoms with Crippen LogP contribution < -0.4 is 4.18 Å².